The predicted molar refractivity (Wildman–Crippen MR) is 81.3 cm³/mol. The molecule has 7 nitrogen and oxygen atoms in total. The number of aromatic nitrogens is 3. The van der Waals surface area contributed by atoms with Gasteiger partial charge in [0.05, 0.1) is 18.5 Å². The van der Waals surface area contributed by atoms with E-state index >= 15 is 0 Å². The lowest BCUT2D eigenvalue weighted by atomic mass is 10.1. The van der Waals surface area contributed by atoms with Gasteiger partial charge < -0.3 is 20.1 Å². The van der Waals surface area contributed by atoms with E-state index in [9.17, 15) is 15.3 Å². The van der Waals surface area contributed by atoms with E-state index in [1.54, 1.807) is 29.3 Å². The molecule has 0 aromatic carbocycles. The lowest BCUT2D eigenvalue weighted by Crippen LogP contribution is -2.50. The van der Waals surface area contributed by atoms with Crippen LogP contribution >= 0.6 is 11.8 Å². The second-order valence-electron chi connectivity index (χ2n) is 5.18. The van der Waals surface area contributed by atoms with Crippen LogP contribution in [0.15, 0.2) is 30.9 Å². The maximum absolute atomic E-state index is 9.97. The molecule has 22 heavy (non-hydrogen) atoms. The van der Waals surface area contributed by atoms with E-state index in [4.69, 9.17) is 4.74 Å². The fraction of sp³-hybridized carbons (Fsp3) is 0.429. The quantitative estimate of drug-likeness (QED) is 0.732. The molecule has 2 aromatic heterocycles. The Labute approximate surface area is 131 Å². The number of rotatable bonds is 3. The molecule has 1 saturated heterocycles. The van der Waals surface area contributed by atoms with Gasteiger partial charge in [0.25, 0.3) is 0 Å². The van der Waals surface area contributed by atoms with Crippen molar-refractivity contribution in [2.24, 2.45) is 7.05 Å². The number of ether oxygens (including phenoxy) is 1. The van der Waals surface area contributed by atoms with E-state index in [2.05, 4.69) is 10.1 Å². The highest BCUT2D eigenvalue weighted by molar-refractivity contribution is 7.99. The summed E-state index contributed by atoms with van der Waals surface area (Å²) in [6.07, 6.45) is 3.53. The summed E-state index contributed by atoms with van der Waals surface area (Å²) in [5, 5.41) is 33.3. The minimum absolute atomic E-state index is 0.304. The van der Waals surface area contributed by atoms with Crippen LogP contribution in [0.2, 0.25) is 0 Å². The second kappa shape index (κ2) is 6.25. The molecule has 2 aromatic rings. The smallest absolute Gasteiger partial charge is 0.173 e. The molecule has 0 saturated carbocycles. The van der Waals surface area contributed by atoms with Gasteiger partial charge in [0.15, 0.2) is 5.44 Å². The molecule has 3 N–H and O–H groups in total. The summed E-state index contributed by atoms with van der Waals surface area (Å²) in [5.74, 6) is 0.792. The van der Waals surface area contributed by atoms with Crippen molar-refractivity contribution in [2.45, 2.75) is 23.7 Å². The summed E-state index contributed by atoms with van der Waals surface area (Å²) < 4.78 is 7.40. The van der Waals surface area contributed by atoms with E-state index in [-0.39, 0.29) is 0 Å². The van der Waals surface area contributed by atoms with Crippen LogP contribution in [0, 0.1) is 0 Å². The molecule has 118 valence electrons. The normalized spacial score (nSPS) is 28.5. The van der Waals surface area contributed by atoms with Gasteiger partial charge in [-0.2, -0.15) is 5.10 Å². The fourth-order valence-electron chi connectivity index (χ4n) is 2.23. The lowest BCUT2D eigenvalue weighted by molar-refractivity contribution is -0.0786. The lowest BCUT2D eigenvalue weighted by Gasteiger charge is -2.34. The molecule has 1 fully saturated rings. The molecule has 0 radical (unpaired) electrons. The highest BCUT2D eigenvalue weighted by Gasteiger charge is 2.38. The van der Waals surface area contributed by atoms with Crippen molar-refractivity contribution in [1.29, 1.82) is 0 Å². The summed E-state index contributed by atoms with van der Waals surface area (Å²) in [4.78, 5) is 4.13. The summed E-state index contributed by atoms with van der Waals surface area (Å²) >= 11 is 1.26. The Morgan fingerprint density at radius 2 is 2.00 bits per heavy atom. The number of pyridine rings is 1. The molecule has 0 amide bonds. The van der Waals surface area contributed by atoms with E-state index < -0.39 is 23.7 Å². The van der Waals surface area contributed by atoms with Crippen LogP contribution in [0.5, 0.6) is 5.75 Å². The van der Waals surface area contributed by atoms with Gasteiger partial charge in [0.2, 0.25) is 0 Å². The Kier molecular flexibility index (Phi) is 4.34. The van der Waals surface area contributed by atoms with Crippen LogP contribution in [0.1, 0.15) is 0 Å². The third kappa shape index (κ3) is 3.09. The van der Waals surface area contributed by atoms with Crippen LogP contribution in [0.3, 0.4) is 0 Å². The third-order valence-electron chi connectivity index (χ3n) is 3.46. The first-order chi connectivity index (χ1) is 10.5. The summed E-state index contributed by atoms with van der Waals surface area (Å²) in [6, 6.07) is 1.80. The summed E-state index contributed by atoms with van der Waals surface area (Å²) in [5.41, 5.74) is 1.11. The molecular formula is C14H17N3O4S. The first kappa shape index (κ1) is 15.3. The second-order valence-corrected chi connectivity index (χ2v) is 6.31. The van der Waals surface area contributed by atoms with Crippen LogP contribution in [0.25, 0.3) is 11.1 Å². The Balaban J connectivity index is 1.76. The molecule has 1 aliphatic rings. The monoisotopic (exact) mass is 323 g/mol. The van der Waals surface area contributed by atoms with Gasteiger partial charge in [-0.05, 0) is 6.07 Å². The third-order valence-corrected chi connectivity index (χ3v) is 4.70. The predicted octanol–water partition coefficient (Wildman–Crippen LogP) is 0.0165. The topological polar surface area (TPSA) is 101 Å². The Hall–Kier alpha value is -1.61. The zero-order chi connectivity index (χ0) is 15.7. The van der Waals surface area contributed by atoms with E-state index in [1.165, 1.54) is 11.8 Å². The minimum Gasteiger partial charge on any atom is -0.475 e. The van der Waals surface area contributed by atoms with Crippen molar-refractivity contribution in [2.75, 3.05) is 5.75 Å². The number of aryl methyl sites for hydroxylation is 1. The van der Waals surface area contributed by atoms with Gasteiger partial charge in [-0.3, -0.25) is 9.67 Å². The maximum Gasteiger partial charge on any atom is 0.173 e. The van der Waals surface area contributed by atoms with Crippen LogP contribution in [-0.4, -0.2) is 59.6 Å². The molecule has 3 rings (SSSR count). The van der Waals surface area contributed by atoms with Gasteiger partial charge in [0.1, 0.15) is 18.0 Å². The molecule has 0 spiro atoms. The zero-order valence-corrected chi connectivity index (χ0v) is 12.7. The number of nitrogens with zero attached hydrogens (tertiary/aromatic N) is 3. The standard InChI is InChI=1S/C14H17N3O4S/c1-17-6-9(4-16-17)8-2-10(5-15-3-8)21-14-13(20)12(19)11(18)7-22-14/h2-6,11-14,18-20H,7H2,1H3/t11-,12+,13-,14+/m1/s1. The van der Waals surface area contributed by atoms with Crippen molar-refractivity contribution in [3.63, 3.8) is 0 Å². The average molecular weight is 323 g/mol. The van der Waals surface area contributed by atoms with Crippen molar-refractivity contribution >= 4 is 11.8 Å². The summed E-state index contributed by atoms with van der Waals surface area (Å²) in [7, 11) is 1.83. The number of aliphatic hydroxyl groups excluding tert-OH is 3. The number of hydrogen-bond donors (Lipinski definition) is 3. The highest BCUT2D eigenvalue weighted by Crippen LogP contribution is 2.30. The largest absolute Gasteiger partial charge is 0.475 e. The molecule has 0 aliphatic carbocycles. The molecule has 8 heteroatoms. The van der Waals surface area contributed by atoms with Crippen molar-refractivity contribution < 1.29 is 20.1 Å². The molecule has 1 aliphatic heterocycles. The Morgan fingerprint density at radius 1 is 1.18 bits per heavy atom. The molecular weight excluding hydrogens is 306 g/mol. The van der Waals surface area contributed by atoms with Gasteiger partial charge in [0, 0.05) is 36.3 Å². The molecule has 3 heterocycles. The van der Waals surface area contributed by atoms with Gasteiger partial charge in [-0.25, -0.2) is 0 Å². The van der Waals surface area contributed by atoms with Crippen LogP contribution < -0.4 is 4.74 Å². The van der Waals surface area contributed by atoms with Gasteiger partial charge in [-0.1, -0.05) is 0 Å². The van der Waals surface area contributed by atoms with E-state index in [1.807, 2.05) is 13.2 Å². The van der Waals surface area contributed by atoms with E-state index in [0.29, 0.717) is 11.5 Å². The molecule has 4 atom stereocenters. The fourth-order valence-corrected chi connectivity index (χ4v) is 3.35. The summed E-state index contributed by atoms with van der Waals surface area (Å²) in [6.45, 7) is 0. The Morgan fingerprint density at radius 3 is 2.73 bits per heavy atom. The van der Waals surface area contributed by atoms with Crippen LogP contribution in [0.4, 0.5) is 0 Å². The van der Waals surface area contributed by atoms with Crippen molar-refractivity contribution in [1.82, 2.24) is 14.8 Å². The van der Waals surface area contributed by atoms with Crippen molar-refractivity contribution in [3.05, 3.63) is 30.9 Å². The average Bonchev–Trinajstić information content (AvgIpc) is 2.95. The van der Waals surface area contributed by atoms with Crippen LogP contribution in [-0.2, 0) is 7.05 Å². The van der Waals surface area contributed by atoms with Gasteiger partial charge >= 0.3 is 0 Å². The molecule has 0 bridgehead atoms. The first-order valence-corrected chi connectivity index (χ1v) is 7.86. The highest BCUT2D eigenvalue weighted by atomic mass is 32.2. The van der Waals surface area contributed by atoms with Gasteiger partial charge in [-0.15, -0.1) is 11.8 Å². The number of thioether (sulfide) groups is 1. The first-order valence-electron chi connectivity index (χ1n) is 6.81. The maximum atomic E-state index is 9.97. The number of aliphatic hydroxyl groups is 3. The SMILES string of the molecule is Cn1cc(-c2cncc(O[C@H]3SC[C@@H](O)[C@H](O)[C@H]3O)c2)cn1. The zero-order valence-electron chi connectivity index (χ0n) is 11.9. The number of hydrogen-bond acceptors (Lipinski definition) is 7. The van der Waals surface area contributed by atoms with Crippen molar-refractivity contribution in [3.8, 4) is 16.9 Å². The molecule has 0 unspecified atom stereocenters. The Bertz CT molecular complexity index is 651. The van der Waals surface area contributed by atoms with E-state index in [0.717, 1.165) is 11.1 Å². The minimum atomic E-state index is -1.21.